The van der Waals surface area contributed by atoms with Gasteiger partial charge < -0.3 is 4.42 Å². The maximum atomic E-state index is 9.32. The fourth-order valence-corrected chi connectivity index (χ4v) is 6.54. The van der Waals surface area contributed by atoms with Gasteiger partial charge in [0.05, 0.1) is 11.0 Å². The molecule has 0 radical (unpaired) electrons. The van der Waals surface area contributed by atoms with Gasteiger partial charge in [0.2, 0.25) is 0 Å². The SMILES string of the molecule is [2H]c1c([2H])c([2H])c2c(-c3cccc4oc5c(-c6ccc(-c7ccccc7)cc6)cccc5c34)c3c([2H])c([2H])c([2H])c([2H])c3c(-c3ccccc3)c2c1[2H]. The van der Waals surface area contributed by atoms with Crippen molar-refractivity contribution in [2.75, 3.05) is 0 Å². The highest BCUT2D eigenvalue weighted by atomic mass is 16.3. The van der Waals surface area contributed by atoms with Gasteiger partial charge >= 0.3 is 0 Å². The first-order valence-corrected chi connectivity index (χ1v) is 14.8. The molecule has 0 bridgehead atoms. The van der Waals surface area contributed by atoms with Gasteiger partial charge in [-0.25, -0.2) is 0 Å². The molecule has 1 heterocycles. The molecule has 45 heavy (non-hydrogen) atoms. The zero-order valence-corrected chi connectivity index (χ0v) is 24.0. The number of hydrogen-bond acceptors (Lipinski definition) is 1. The molecular weight excluding hydrogens is 544 g/mol. The molecule has 0 N–H and O–H groups in total. The molecule has 1 aromatic heterocycles. The Bertz CT molecular complexity index is 2870. The first kappa shape index (κ1) is 18.7. The fraction of sp³-hybridized carbons (Fsp3) is 0. The summed E-state index contributed by atoms with van der Waals surface area (Å²) < 4.78 is 78.7. The maximum absolute atomic E-state index is 9.32. The number of para-hydroxylation sites is 1. The first-order chi connectivity index (χ1) is 25.7. The normalized spacial score (nSPS) is 14.0. The molecule has 9 aromatic rings. The second kappa shape index (κ2) is 10.4. The van der Waals surface area contributed by atoms with E-state index in [1.54, 1.807) is 30.3 Å². The van der Waals surface area contributed by atoms with Gasteiger partial charge in [-0.3, -0.25) is 0 Å². The van der Waals surface area contributed by atoms with Crippen LogP contribution < -0.4 is 0 Å². The molecule has 0 unspecified atom stereocenters. The van der Waals surface area contributed by atoms with Crippen LogP contribution in [-0.2, 0) is 0 Å². The second-order valence-electron chi connectivity index (χ2n) is 11.0. The largest absolute Gasteiger partial charge is 0.455 e. The van der Waals surface area contributed by atoms with Crippen LogP contribution in [0, 0.1) is 0 Å². The van der Waals surface area contributed by atoms with Crippen molar-refractivity contribution < 1.29 is 15.4 Å². The van der Waals surface area contributed by atoms with Gasteiger partial charge in [0.25, 0.3) is 0 Å². The van der Waals surface area contributed by atoms with Gasteiger partial charge in [-0.2, -0.15) is 0 Å². The molecular formula is C44H28O. The summed E-state index contributed by atoms with van der Waals surface area (Å²) in [5.74, 6) is 0. The zero-order chi connectivity index (χ0) is 36.7. The van der Waals surface area contributed by atoms with Crippen molar-refractivity contribution in [1.82, 2.24) is 0 Å². The Labute approximate surface area is 272 Å². The van der Waals surface area contributed by atoms with Crippen LogP contribution in [0.1, 0.15) is 11.0 Å². The lowest BCUT2D eigenvalue weighted by atomic mass is 9.85. The van der Waals surface area contributed by atoms with E-state index in [0.29, 0.717) is 38.8 Å². The molecule has 8 aromatic carbocycles. The topological polar surface area (TPSA) is 13.1 Å². The van der Waals surface area contributed by atoms with Gasteiger partial charge in [0, 0.05) is 16.3 Å². The summed E-state index contributed by atoms with van der Waals surface area (Å²) in [6.07, 6.45) is 0. The van der Waals surface area contributed by atoms with E-state index < -0.39 is 24.2 Å². The quantitative estimate of drug-likeness (QED) is 0.189. The summed E-state index contributed by atoms with van der Waals surface area (Å²) in [5.41, 5.74) is 6.87. The van der Waals surface area contributed by atoms with Gasteiger partial charge in [-0.05, 0) is 66.6 Å². The molecule has 0 saturated carbocycles. The van der Waals surface area contributed by atoms with E-state index in [-0.39, 0.29) is 45.7 Å². The van der Waals surface area contributed by atoms with Gasteiger partial charge in [0.15, 0.2) is 0 Å². The Morgan fingerprint density at radius 1 is 0.378 bits per heavy atom. The predicted octanol–water partition coefficient (Wildman–Crippen LogP) is 12.6. The molecule has 0 fully saturated rings. The number of furan rings is 1. The second-order valence-corrected chi connectivity index (χ2v) is 11.0. The van der Waals surface area contributed by atoms with Crippen molar-refractivity contribution in [1.29, 1.82) is 0 Å². The third kappa shape index (κ3) is 4.09. The van der Waals surface area contributed by atoms with Crippen LogP contribution in [0.5, 0.6) is 0 Å². The first-order valence-electron chi connectivity index (χ1n) is 18.8. The Hall–Kier alpha value is -5.92. The predicted molar refractivity (Wildman–Crippen MR) is 190 cm³/mol. The lowest BCUT2D eigenvalue weighted by Gasteiger charge is -2.18. The van der Waals surface area contributed by atoms with Crippen molar-refractivity contribution in [2.45, 2.75) is 0 Å². The van der Waals surface area contributed by atoms with Crippen LogP contribution in [0.4, 0.5) is 0 Å². The van der Waals surface area contributed by atoms with E-state index in [4.69, 9.17) is 9.90 Å². The van der Waals surface area contributed by atoms with Crippen LogP contribution in [-0.4, -0.2) is 0 Å². The third-order valence-electron chi connectivity index (χ3n) is 8.53. The summed E-state index contributed by atoms with van der Waals surface area (Å²) in [6.45, 7) is 0. The maximum Gasteiger partial charge on any atom is 0.143 e. The molecule has 210 valence electrons. The average Bonchev–Trinajstić information content (AvgIpc) is 3.59. The van der Waals surface area contributed by atoms with E-state index in [1.165, 1.54) is 0 Å². The van der Waals surface area contributed by atoms with Crippen LogP contribution in [0.25, 0.3) is 88.0 Å². The lowest BCUT2D eigenvalue weighted by Crippen LogP contribution is -1.91. The van der Waals surface area contributed by atoms with E-state index in [2.05, 4.69) is 36.4 Å². The highest BCUT2D eigenvalue weighted by Gasteiger charge is 2.21. The minimum absolute atomic E-state index is 0.168. The minimum Gasteiger partial charge on any atom is -0.455 e. The molecule has 0 aliphatic heterocycles. The molecule has 0 aliphatic carbocycles. The Balaban J connectivity index is 1.43. The van der Waals surface area contributed by atoms with Gasteiger partial charge in [-0.1, -0.05) is 164 Å². The fourth-order valence-electron chi connectivity index (χ4n) is 6.54. The van der Waals surface area contributed by atoms with Crippen molar-refractivity contribution in [3.8, 4) is 44.5 Å². The number of hydrogen-bond donors (Lipinski definition) is 0. The highest BCUT2D eigenvalue weighted by Crippen LogP contribution is 2.47. The molecule has 1 heteroatoms. The number of fused-ring (bicyclic) bond motifs is 5. The molecule has 9 rings (SSSR count). The van der Waals surface area contributed by atoms with E-state index in [0.717, 1.165) is 27.6 Å². The van der Waals surface area contributed by atoms with Crippen LogP contribution >= 0.6 is 0 Å². The summed E-state index contributed by atoms with van der Waals surface area (Å²) in [4.78, 5) is 0. The summed E-state index contributed by atoms with van der Waals surface area (Å²) in [6, 6.07) is 35.8. The summed E-state index contributed by atoms with van der Waals surface area (Å²) >= 11 is 0. The van der Waals surface area contributed by atoms with Crippen LogP contribution in [0.3, 0.4) is 0 Å². The molecule has 0 spiro atoms. The Kier molecular flexibility index (Phi) is 4.30. The lowest BCUT2D eigenvalue weighted by molar-refractivity contribution is 0.670. The third-order valence-corrected chi connectivity index (χ3v) is 8.53. The van der Waals surface area contributed by atoms with E-state index in [9.17, 15) is 5.48 Å². The Morgan fingerprint density at radius 2 is 0.889 bits per heavy atom. The summed E-state index contributed by atoms with van der Waals surface area (Å²) in [5, 5.41) is 2.12. The van der Waals surface area contributed by atoms with E-state index >= 15 is 0 Å². The van der Waals surface area contributed by atoms with Gasteiger partial charge in [0.1, 0.15) is 11.2 Å². The monoisotopic (exact) mass is 580 g/mol. The van der Waals surface area contributed by atoms with Gasteiger partial charge in [-0.15, -0.1) is 0 Å². The number of rotatable bonds is 4. The zero-order valence-electron chi connectivity index (χ0n) is 32.0. The minimum atomic E-state index is -0.437. The van der Waals surface area contributed by atoms with Crippen molar-refractivity contribution in [3.63, 3.8) is 0 Å². The molecule has 0 atom stereocenters. The standard InChI is InChI=1S/C44H28O/c1-3-13-29(14-4-1)30-25-27-31(28-26-30)33-21-11-23-39-43-38(22-12-24-40(43)45-44(33)39)42-36-19-9-7-17-34(36)41(32-15-5-2-6-16-32)35-18-8-10-20-37(35)42/h1-28H/i7D,8D,9D,10D,17D,18D,19D,20D. The average molecular weight is 581 g/mol. The Morgan fingerprint density at radius 3 is 1.53 bits per heavy atom. The van der Waals surface area contributed by atoms with Crippen molar-refractivity contribution >= 4 is 43.5 Å². The van der Waals surface area contributed by atoms with Crippen LogP contribution in [0.15, 0.2) is 174 Å². The number of benzene rings is 8. The molecule has 0 amide bonds. The van der Waals surface area contributed by atoms with Crippen molar-refractivity contribution in [3.05, 3.63) is 170 Å². The summed E-state index contributed by atoms with van der Waals surface area (Å²) in [7, 11) is 0. The van der Waals surface area contributed by atoms with Crippen LogP contribution in [0.2, 0.25) is 0 Å². The van der Waals surface area contributed by atoms with Crippen molar-refractivity contribution in [2.24, 2.45) is 0 Å². The molecule has 0 aliphatic rings. The molecule has 0 saturated heterocycles. The highest BCUT2D eigenvalue weighted by molar-refractivity contribution is 6.26. The smallest absolute Gasteiger partial charge is 0.143 e. The van der Waals surface area contributed by atoms with E-state index in [1.807, 2.05) is 54.6 Å². The molecule has 1 nitrogen and oxygen atoms in total.